The van der Waals surface area contributed by atoms with Crippen molar-refractivity contribution in [1.82, 2.24) is 9.88 Å². The number of carbonyl (C=O) groups excluding carboxylic acids is 2. The van der Waals surface area contributed by atoms with Crippen molar-refractivity contribution in [3.63, 3.8) is 0 Å². The van der Waals surface area contributed by atoms with Crippen LogP contribution in [0.3, 0.4) is 0 Å². The fraction of sp³-hybridized carbons (Fsp3) is 0.414. The zero-order valence-electron chi connectivity index (χ0n) is 20.5. The van der Waals surface area contributed by atoms with E-state index in [-0.39, 0.29) is 41.4 Å². The number of imide groups is 1. The lowest BCUT2D eigenvalue weighted by Gasteiger charge is -2.33. The zero-order valence-corrected chi connectivity index (χ0v) is 20.5. The topological polar surface area (TPSA) is 79.7 Å². The van der Waals surface area contributed by atoms with E-state index in [9.17, 15) is 14.7 Å². The number of amides is 2. The number of benzene rings is 1. The van der Waals surface area contributed by atoms with Gasteiger partial charge in [-0.25, -0.2) is 0 Å². The van der Waals surface area contributed by atoms with Gasteiger partial charge in [-0.3, -0.25) is 19.5 Å². The molecule has 0 unspecified atom stereocenters. The summed E-state index contributed by atoms with van der Waals surface area (Å²) in [6, 6.07) is 13.0. The Labute approximate surface area is 206 Å². The molecular formula is C29H32N2O4. The first-order valence-electron chi connectivity index (χ1n) is 12.4. The van der Waals surface area contributed by atoms with E-state index in [2.05, 4.69) is 24.9 Å². The van der Waals surface area contributed by atoms with Crippen LogP contribution in [0.4, 0.5) is 0 Å². The monoisotopic (exact) mass is 472 g/mol. The van der Waals surface area contributed by atoms with Crippen molar-refractivity contribution in [2.45, 2.75) is 39.2 Å². The predicted molar refractivity (Wildman–Crippen MR) is 134 cm³/mol. The number of hydrogen-bond acceptors (Lipinski definition) is 5. The van der Waals surface area contributed by atoms with Gasteiger partial charge in [-0.05, 0) is 72.2 Å². The summed E-state index contributed by atoms with van der Waals surface area (Å²) < 4.78 is 6.34. The molecule has 2 aromatic rings. The molecule has 0 radical (unpaired) electrons. The number of likely N-dealkylation sites (tertiary alicyclic amines) is 1. The van der Waals surface area contributed by atoms with Crippen LogP contribution < -0.4 is 0 Å². The Morgan fingerprint density at radius 2 is 1.91 bits per heavy atom. The van der Waals surface area contributed by atoms with Gasteiger partial charge in [-0.15, -0.1) is 0 Å². The highest BCUT2D eigenvalue weighted by Crippen LogP contribution is 2.51. The Balaban J connectivity index is 1.43. The molecule has 2 fully saturated rings. The van der Waals surface area contributed by atoms with Gasteiger partial charge in [0.2, 0.25) is 11.8 Å². The first-order valence-corrected chi connectivity index (χ1v) is 12.4. The van der Waals surface area contributed by atoms with Crippen LogP contribution in [0, 0.1) is 23.7 Å². The van der Waals surface area contributed by atoms with Crippen molar-refractivity contribution < 1.29 is 19.4 Å². The molecule has 182 valence electrons. The van der Waals surface area contributed by atoms with Gasteiger partial charge in [0.25, 0.3) is 0 Å². The SMILES string of the molecule is CC(C)C1=C2[C@@H](CC/C(=C/c3ccc(O)cc3)c3ccccn3)OC[C@@H]2[C@@H]2C(=O)N(C)C(=O)[C@@H]2C1. The van der Waals surface area contributed by atoms with Crippen molar-refractivity contribution in [2.75, 3.05) is 13.7 Å². The molecule has 1 N–H and O–H groups in total. The molecule has 1 aliphatic carbocycles. The smallest absolute Gasteiger partial charge is 0.233 e. The molecule has 3 heterocycles. The highest BCUT2D eigenvalue weighted by atomic mass is 16.5. The summed E-state index contributed by atoms with van der Waals surface area (Å²) in [5.74, 6) is -0.129. The van der Waals surface area contributed by atoms with Crippen molar-refractivity contribution in [1.29, 1.82) is 0 Å². The first-order chi connectivity index (χ1) is 16.8. The molecule has 5 rings (SSSR count). The van der Waals surface area contributed by atoms with E-state index < -0.39 is 0 Å². The van der Waals surface area contributed by atoms with Crippen LogP contribution in [0.15, 0.2) is 59.8 Å². The lowest BCUT2D eigenvalue weighted by Crippen LogP contribution is -2.34. The molecule has 1 aromatic heterocycles. The second-order valence-corrected chi connectivity index (χ2v) is 10.2. The molecule has 4 atom stereocenters. The molecule has 2 saturated heterocycles. The number of hydrogen-bond donors (Lipinski definition) is 1. The Hall–Kier alpha value is -3.25. The van der Waals surface area contributed by atoms with Crippen LogP contribution in [0.5, 0.6) is 5.75 Å². The third-order valence-corrected chi connectivity index (χ3v) is 7.77. The normalized spacial score (nSPS) is 26.5. The van der Waals surface area contributed by atoms with Gasteiger partial charge in [0.05, 0.1) is 30.2 Å². The number of phenols is 1. The van der Waals surface area contributed by atoms with Gasteiger partial charge in [-0.1, -0.05) is 37.6 Å². The van der Waals surface area contributed by atoms with Gasteiger partial charge in [0.1, 0.15) is 5.75 Å². The predicted octanol–water partition coefficient (Wildman–Crippen LogP) is 4.71. The van der Waals surface area contributed by atoms with Crippen LogP contribution in [0.2, 0.25) is 0 Å². The molecule has 0 saturated carbocycles. The van der Waals surface area contributed by atoms with Crippen LogP contribution >= 0.6 is 0 Å². The third-order valence-electron chi connectivity index (χ3n) is 7.77. The molecule has 3 aliphatic rings. The summed E-state index contributed by atoms with van der Waals surface area (Å²) in [6.07, 6.45) is 6.01. The van der Waals surface area contributed by atoms with Crippen molar-refractivity contribution in [2.24, 2.45) is 23.7 Å². The number of carbonyl (C=O) groups is 2. The van der Waals surface area contributed by atoms with E-state index in [1.54, 1.807) is 25.4 Å². The Morgan fingerprint density at radius 1 is 1.14 bits per heavy atom. The van der Waals surface area contributed by atoms with Gasteiger partial charge in [0.15, 0.2) is 0 Å². The van der Waals surface area contributed by atoms with Crippen LogP contribution in [-0.2, 0) is 14.3 Å². The lowest BCUT2D eigenvalue weighted by atomic mass is 9.67. The summed E-state index contributed by atoms with van der Waals surface area (Å²) >= 11 is 0. The zero-order chi connectivity index (χ0) is 24.7. The highest BCUT2D eigenvalue weighted by molar-refractivity contribution is 6.05. The molecule has 0 spiro atoms. The summed E-state index contributed by atoms with van der Waals surface area (Å²) in [7, 11) is 1.61. The fourth-order valence-corrected chi connectivity index (χ4v) is 6.00. The molecule has 1 aromatic carbocycles. The molecule has 6 nitrogen and oxygen atoms in total. The summed E-state index contributed by atoms with van der Waals surface area (Å²) in [5.41, 5.74) is 5.54. The number of allylic oxidation sites excluding steroid dienone is 2. The van der Waals surface area contributed by atoms with E-state index >= 15 is 0 Å². The summed E-state index contributed by atoms with van der Waals surface area (Å²) in [6.45, 7) is 4.83. The van der Waals surface area contributed by atoms with E-state index in [4.69, 9.17) is 4.74 Å². The largest absolute Gasteiger partial charge is 0.508 e. The first kappa shape index (κ1) is 23.5. The maximum Gasteiger partial charge on any atom is 0.233 e. The highest BCUT2D eigenvalue weighted by Gasteiger charge is 2.56. The second kappa shape index (κ2) is 9.42. The molecule has 6 heteroatoms. The fourth-order valence-electron chi connectivity index (χ4n) is 6.00. The molecular weight excluding hydrogens is 440 g/mol. The van der Waals surface area contributed by atoms with E-state index in [1.807, 2.05) is 30.3 Å². The van der Waals surface area contributed by atoms with Crippen LogP contribution in [-0.4, -0.2) is 46.6 Å². The number of ether oxygens (including phenoxy) is 1. The number of fused-ring (bicyclic) bond motifs is 3. The van der Waals surface area contributed by atoms with Crippen molar-refractivity contribution in [3.05, 3.63) is 71.1 Å². The molecule has 2 aliphatic heterocycles. The molecule has 2 amide bonds. The Morgan fingerprint density at radius 3 is 2.60 bits per heavy atom. The van der Waals surface area contributed by atoms with E-state index in [0.717, 1.165) is 29.7 Å². The van der Waals surface area contributed by atoms with Gasteiger partial charge >= 0.3 is 0 Å². The van der Waals surface area contributed by atoms with Crippen molar-refractivity contribution >= 4 is 23.5 Å². The second-order valence-electron chi connectivity index (χ2n) is 10.2. The average Bonchev–Trinajstić information content (AvgIpc) is 3.37. The minimum absolute atomic E-state index is 0.0167. The minimum Gasteiger partial charge on any atom is -0.508 e. The van der Waals surface area contributed by atoms with E-state index in [1.165, 1.54) is 16.0 Å². The maximum atomic E-state index is 12.9. The third kappa shape index (κ3) is 4.31. The number of nitrogens with zero attached hydrogens (tertiary/aromatic N) is 2. The minimum atomic E-state index is -0.294. The number of aromatic hydroxyl groups is 1. The molecule has 35 heavy (non-hydrogen) atoms. The lowest BCUT2D eigenvalue weighted by molar-refractivity contribution is -0.138. The van der Waals surface area contributed by atoms with Crippen LogP contribution in [0.1, 0.15) is 44.4 Å². The van der Waals surface area contributed by atoms with Gasteiger partial charge in [0, 0.05) is 19.2 Å². The standard InChI is InChI=1S/C29H32N2O4/c1-17(2)21-15-22-27(29(34)31(3)28(22)33)23-16-35-25(26(21)23)12-9-19(24-6-4-5-13-30-24)14-18-7-10-20(32)11-8-18/h4-8,10-11,13-14,17,22-23,25,27,32H,9,12,15-16H2,1-3H3/b19-14-/t22-,23+,25-,27-/m1/s1. The number of aromatic nitrogens is 1. The van der Waals surface area contributed by atoms with Crippen LogP contribution in [0.25, 0.3) is 11.6 Å². The van der Waals surface area contributed by atoms with Gasteiger partial charge < -0.3 is 9.84 Å². The van der Waals surface area contributed by atoms with Crippen molar-refractivity contribution in [3.8, 4) is 5.75 Å². The summed E-state index contributed by atoms with van der Waals surface area (Å²) in [4.78, 5) is 31.6. The number of rotatable bonds is 6. The number of pyridine rings is 1. The Bertz CT molecular complexity index is 1180. The van der Waals surface area contributed by atoms with Gasteiger partial charge in [-0.2, -0.15) is 0 Å². The van der Waals surface area contributed by atoms with E-state index in [0.29, 0.717) is 18.9 Å². The molecule has 0 bridgehead atoms. The Kier molecular flexibility index (Phi) is 6.32. The maximum absolute atomic E-state index is 12.9. The summed E-state index contributed by atoms with van der Waals surface area (Å²) in [5, 5.41) is 9.65. The number of phenolic OH excluding ortho intramolecular Hbond substituents is 1. The average molecular weight is 473 g/mol. The quantitative estimate of drug-likeness (QED) is 0.487.